The van der Waals surface area contributed by atoms with Crippen LogP contribution in [0.5, 0.6) is 0 Å². The molecular formula is C16H22Cl2N4O. The van der Waals surface area contributed by atoms with Gasteiger partial charge in [-0.15, -0.1) is 12.4 Å². The number of carbonyl (C=O) groups excluding carboxylic acids is 1. The molecule has 2 N–H and O–H groups in total. The molecule has 0 unspecified atom stereocenters. The maximum Gasteiger partial charge on any atom is 0.224 e. The summed E-state index contributed by atoms with van der Waals surface area (Å²) in [6.45, 7) is 5.28. The van der Waals surface area contributed by atoms with Crippen LogP contribution in [-0.4, -0.2) is 35.8 Å². The van der Waals surface area contributed by atoms with Crippen LogP contribution in [0.4, 0.5) is 0 Å². The summed E-state index contributed by atoms with van der Waals surface area (Å²) in [7, 11) is 1.86. The summed E-state index contributed by atoms with van der Waals surface area (Å²) < 4.78 is 1.85. The molecule has 0 saturated carbocycles. The Hall–Kier alpha value is -1.56. The summed E-state index contributed by atoms with van der Waals surface area (Å²) in [6.07, 6.45) is 0.342. The zero-order valence-corrected chi connectivity index (χ0v) is 15.1. The van der Waals surface area contributed by atoms with Gasteiger partial charge in [-0.25, -0.2) is 4.68 Å². The van der Waals surface area contributed by atoms with E-state index in [4.69, 9.17) is 11.6 Å². The molecule has 0 radical (unpaired) electrons. The second kappa shape index (κ2) is 8.91. The lowest BCUT2D eigenvalue weighted by Crippen LogP contribution is -2.31. The standard InChI is InChI=1S/C16H21ClN4O.ClH/c1-11-15(10-16(22)19-9-8-18-3)12(2)21(20-11)14-6-4-13(17)5-7-14;/h4-7,18H,8-10H2,1-3H3,(H,19,22);1H. The number of nitrogens with one attached hydrogen (secondary N) is 2. The van der Waals surface area contributed by atoms with Crippen molar-refractivity contribution in [1.29, 1.82) is 0 Å². The number of likely N-dealkylation sites (N-methyl/N-ethyl adjacent to an activating group) is 1. The van der Waals surface area contributed by atoms with E-state index in [1.165, 1.54) is 0 Å². The third kappa shape index (κ3) is 4.96. The van der Waals surface area contributed by atoms with Gasteiger partial charge in [0.15, 0.2) is 0 Å². The lowest BCUT2D eigenvalue weighted by atomic mass is 10.1. The molecule has 0 aliphatic rings. The van der Waals surface area contributed by atoms with Gasteiger partial charge in [-0.3, -0.25) is 4.79 Å². The summed E-state index contributed by atoms with van der Waals surface area (Å²) in [4.78, 5) is 12.0. The Balaban J connectivity index is 0.00000264. The molecule has 1 aromatic carbocycles. The van der Waals surface area contributed by atoms with Gasteiger partial charge in [-0.05, 0) is 45.2 Å². The predicted octanol–water partition coefficient (Wildman–Crippen LogP) is 2.44. The van der Waals surface area contributed by atoms with Crippen LogP contribution in [0.25, 0.3) is 5.69 Å². The smallest absolute Gasteiger partial charge is 0.224 e. The minimum absolute atomic E-state index is 0. The molecule has 0 aliphatic carbocycles. The number of benzene rings is 1. The zero-order valence-electron chi connectivity index (χ0n) is 13.5. The van der Waals surface area contributed by atoms with E-state index in [0.717, 1.165) is 29.2 Å². The molecule has 0 bridgehead atoms. The summed E-state index contributed by atoms with van der Waals surface area (Å²) >= 11 is 5.92. The van der Waals surface area contributed by atoms with Gasteiger partial charge in [0, 0.05) is 29.4 Å². The van der Waals surface area contributed by atoms with Crippen LogP contribution < -0.4 is 10.6 Å². The van der Waals surface area contributed by atoms with Gasteiger partial charge >= 0.3 is 0 Å². The molecule has 0 fully saturated rings. The van der Waals surface area contributed by atoms with Crippen molar-refractivity contribution in [2.45, 2.75) is 20.3 Å². The minimum Gasteiger partial charge on any atom is -0.355 e. The molecule has 1 heterocycles. The van der Waals surface area contributed by atoms with Crippen LogP contribution >= 0.6 is 24.0 Å². The first-order chi connectivity index (χ1) is 10.5. The summed E-state index contributed by atoms with van der Waals surface area (Å²) in [5.41, 5.74) is 3.75. The molecule has 1 amide bonds. The third-order valence-electron chi connectivity index (χ3n) is 3.55. The Labute approximate surface area is 147 Å². The van der Waals surface area contributed by atoms with Gasteiger partial charge in [0.2, 0.25) is 5.91 Å². The van der Waals surface area contributed by atoms with Gasteiger partial charge in [0.25, 0.3) is 0 Å². The molecule has 0 saturated heterocycles. The summed E-state index contributed by atoms with van der Waals surface area (Å²) in [5.74, 6) is 0.0112. The molecular weight excluding hydrogens is 335 g/mol. The van der Waals surface area contributed by atoms with E-state index in [1.807, 2.05) is 49.8 Å². The highest BCUT2D eigenvalue weighted by Gasteiger charge is 2.15. The highest BCUT2D eigenvalue weighted by molar-refractivity contribution is 6.30. The van der Waals surface area contributed by atoms with E-state index in [9.17, 15) is 4.79 Å². The first-order valence-corrected chi connectivity index (χ1v) is 7.63. The number of nitrogens with zero attached hydrogens (tertiary/aromatic N) is 2. The average molecular weight is 357 g/mol. The molecule has 126 valence electrons. The topological polar surface area (TPSA) is 58.9 Å². The number of rotatable bonds is 6. The fourth-order valence-electron chi connectivity index (χ4n) is 2.31. The number of halogens is 2. The average Bonchev–Trinajstić information content (AvgIpc) is 2.76. The first-order valence-electron chi connectivity index (χ1n) is 7.25. The number of aryl methyl sites for hydroxylation is 1. The molecule has 23 heavy (non-hydrogen) atoms. The number of hydrogen-bond acceptors (Lipinski definition) is 3. The Morgan fingerprint density at radius 2 is 1.87 bits per heavy atom. The Kier molecular flexibility index (Phi) is 7.55. The molecule has 0 aliphatic heterocycles. The van der Waals surface area contributed by atoms with Crippen LogP contribution in [0.15, 0.2) is 24.3 Å². The van der Waals surface area contributed by atoms with Crippen LogP contribution in [0.2, 0.25) is 5.02 Å². The van der Waals surface area contributed by atoms with Crippen molar-refractivity contribution in [1.82, 2.24) is 20.4 Å². The maximum absolute atomic E-state index is 12.0. The van der Waals surface area contributed by atoms with Crippen molar-refractivity contribution < 1.29 is 4.79 Å². The quantitative estimate of drug-likeness (QED) is 0.781. The van der Waals surface area contributed by atoms with Crippen LogP contribution in [0.3, 0.4) is 0 Å². The van der Waals surface area contributed by atoms with E-state index in [0.29, 0.717) is 18.0 Å². The number of amides is 1. The van der Waals surface area contributed by atoms with Crippen molar-refractivity contribution in [2.24, 2.45) is 0 Å². The second-order valence-electron chi connectivity index (χ2n) is 5.17. The normalized spacial score (nSPS) is 10.3. The van der Waals surface area contributed by atoms with E-state index >= 15 is 0 Å². The zero-order chi connectivity index (χ0) is 16.1. The van der Waals surface area contributed by atoms with Gasteiger partial charge in [0.05, 0.1) is 17.8 Å². The van der Waals surface area contributed by atoms with Crippen LogP contribution in [0, 0.1) is 13.8 Å². The molecule has 2 aromatic rings. The molecule has 1 aromatic heterocycles. The molecule has 5 nitrogen and oxygen atoms in total. The van der Waals surface area contributed by atoms with E-state index < -0.39 is 0 Å². The SMILES string of the molecule is CNCCNC(=O)Cc1c(C)nn(-c2ccc(Cl)cc2)c1C.Cl. The molecule has 2 rings (SSSR count). The monoisotopic (exact) mass is 356 g/mol. The lowest BCUT2D eigenvalue weighted by molar-refractivity contribution is -0.120. The summed E-state index contributed by atoms with van der Waals surface area (Å²) in [5, 5.41) is 11.1. The number of hydrogen-bond donors (Lipinski definition) is 2. The van der Waals surface area contributed by atoms with Crippen molar-refractivity contribution in [3.05, 3.63) is 46.2 Å². The van der Waals surface area contributed by atoms with Gasteiger partial charge in [-0.2, -0.15) is 5.10 Å². The Bertz CT molecular complexity index is 653. The fraction of sp³-hybridized carbons (Fsp3) is 0.375. The van der Waals surface area contributed by atoms with E-state index in [2.05, 4.69) is 15.7 Å². The van der Waals surface area contributed by atoms with E-state index in [1.54, 1.807) is 0 Å². The largest absolute Gasteiger partial charge is 0.355 e. The Morgan fingerprint density at radius 1 is 1.22 bits per heavy atom. The second-order valence-corrected chi connectivity index (χ2v) is 5.60. The summed E-state index contributed by atoms with van der Waals surface area (Å²) in [6, 6.07) is 7.49. The van der Waals surface area contributed by atoms with E-state index in [-0.39, 0.29) is 18.3 Å². The number of carbonyl (C=O) groups is 1. The predicted molar refractivity (Wildman–Crippen MR) is 95.9 cm³/mol. The number of aromatic nitrogens is 2. The van der Waals surface area contributed by atoms with Crippen LogP contribution in [0.1, 0.15) is 17.0 Å². The molecule has 7 heteroatoms. The van der Waals surface area contributed by atoms with Gasteiger partial charge in [0.1, 0.15) is 0 Å². The van der Waals surface area contributed by atoms with Gasteiger partial charge in [-0.1, -0.05) is 11.6 Å². The van der Waals surface area contributed by atoms with Crippen LogP contribution in [-0.2, 0) is 11.2 Å². The van der Waals surface area contributed by atoms with Crippen molar-refractivity contribution in [3.63, 3.8) is 0 Å². The third-order valence-corrected chi connectivity index (χ3v) is 3.80. The molecule has 0 atom stereocenters. The van der Waals surface area contributed by atoms with Crippen molar-refractivity contribution in [2.75, 3.05) is 20.1 Å². The highest BCUT2D eigenvalue weighted by Crippen LogP contribution is 2.20. The van der Waals surface area contributed by atoms with Crippen molar-refractivity contribution >= 4 is 29.9 Å². The Morgan fingerprint density at radius 3 is 2.48 bits per heavy atom. The first kappa shape index (κ1) is 19.5. The minimum atomic E-state index is 0. The lowest BCUT2D eigenvalue weighted by Gasteiger charge is -2.07. The molecule has 0 spiro atoms. The fourth-order valence-corrected chi connectivity index (χ4v) is 2.44. The highest BCUT2D eigenvalue weighted by atomic mass is 35.5. The van der Waals surface area contributed by atoms with Crippen molar-refractivity contribution in [3.8, 4) is 5.69 Å². The maximum atomic E-state index is 12.0. The van der Waals surface area contributed by atoms with Gasteiger partial charge < -0.3 is 10.6 Å².